The monoisotopic (exact) mass is 255 g/mol. The van der Waals surface area contributed by atoms with Gasteiger partial charge in [0.05, 0.1) is 0 Å². The summed E-state index contributed by atoms with van der Waals surface area (Å²) < 4.78 is 0. The van der Waals surface area contributed by atoms with Gasteiger partial charge >= 0.3 is 0 Å². The molecule has 0 aromatic heterocycles. The molecule has 3 N–H and O–H groups in total. The molecule has 98 valence electrons. The van der Waals surface area contributed by atoms with Gasteiger partial charge in [-0.15, -0.1) is 0 Å². The summed E-state index contributed by atoms with van der Waals surface area (Å²) in [5, 5.41) is 22.5. The summed E-state index contributed by atoms with van der Waals surface area (Å²) in [7, 11) is 0. The number of hydrogen-bond acceptors (Lipinski definition) is 3. The highest BCUT2D eigenvalue weighted by atomic mass is 16.3. The number of rotatable bonds is 1. The molecule has 0 saturated heterocycles. The van der Waals surface area contributed by atoms with Gasteiger partial charge < -0.3 is 15.5 Å². The van der Waals surface area contributed by atoms with Crippen molar-refractivity contribution in [2.75, 3.05) is 6.54 Å². The number of hydrogen-bond donors (Lipinski definition) is 3. The summed E-state index contributed by atoms with van der Waals surface area (Å²) in [4.78, 5) is 0. The SMILES string of the molecule is Cc1cccc2c1CNCC2c1ccc(O)c(O)c1. The van der Waals surface area contributed by atoms with Crippen molar-refractivity contribution < 1.29 is 10.2 Å². The van der Waals surface area contributed by atoms with Crippen LogP contribution in [0.15, 0.2) is 36.4 Å². The Balaban J connectivity index is 2.08. The largest absolute Gasteiger partial charge is 0.504 e. The minimum absolute atomic E-state index is 0.0581. The second-order valence-electron chi connectivity index (χ2n) is 5.07. The van der Waals surface area contributed by atoms with Crippen molar-refractivity contribution in [2.24, 2.45) is 0 Å². The third-order valence-electron chi connectivity index (χ3n) is 3.87. The standard InChI is InChI=1S/C16H17NO2/c1-10-3-2-4-12-13(10)8-17-9-14(12)11-5-6-15(18)16(19)7-11/h2-7,14,17-19H,8-9H2,1H3. The van der Waals surface area contributed by atoms with Crippen molar-refractivity contribution in [3.05, 3.63) is 58.7 Å². The van der Waals surface area contributed by atoms with Crippen LogP contribution in [0.2, 0.25) is 0 Å². The highest BCUT2D eigenvalue weighted by Gasteiger charge is 2.22. The van der Waals surface area contributed by atoms with Crippen molar-refractivity contribution in [3.8, 4) is 11.5 Å². The molecule has 2 aromatic rings. The van der Waals surface area contributed by atoms with E-state index in [1.54, 1.807) is 12.1 Å². The van der Waals surface area contributed by atoms with Crippen LogP contribution in [0.5, 0.6) is 11.5 Å². The van der Waals surface area contributed by atoms with Gasteiger partial charge in [-0.05, 0) is 41.3 Å². The summed E-state index contributed by atoms with van der Waals surface area (Å²) >= 11 is 0. The van der Waals surface area contributed by atoms with E-state index in [9.17, 15) is 10.2 Å². The molecule has 3 heteroatoms. The molecule has 1 unspecified atom stereocenters. The lowest BCUT2D eigenvalue weighted by atomic mass is 9.84. The maximum absolute atomic E-state index is 9.66. The molecular weight excluding hydrogens is 238 g/mol. The molecule has 0 spiro atoms. The quantitative estimate of drug-likeness (QED) is 0.687. The van der Waals surface area contributed by atoms with Crippen LogP contribution in [-0.2, 0) is 6.54 Å². The van der Waals surface area contributed by atoms with Gasteiger partial charge in [0.25, 0.3) is 0 Å². The molecule has 1 atom stereocenters. The Hall–Kier alpha value is -2.00. The number of phenols is 2. The third kappa shape index (κ3) is 2.06. The van der Waals surface area contributed by atoms with Crippen molar-refractivity contribution >= 4 is 0 Å². The van der Waals surface area contributed by atoms with E-state index in [0.717, 1.165) is 18.7 Å². The van der Waals surface area contributed by atoms with Gasteiger partial charge in [-0.25, -0.2) is 0 Å². The minimum atomic E-state index is -0.0722. The van der Waals surface area contributed by atoms with Crippen molar-refractivity contribution in [1.29, 1.82) is 0 Å². The van der Waals surface area contributed by atoms with Crippen LogP contribution in [0.3, 0.4) is 0 Å². The summed E-state index contributed by atoms with van der Waals surface area (Å²) in [6.45, 7) is 3.86. The highest BCUT2D eigenvalue weighted by Crippen LogP contribution is 2.35. The fourth-order valence-electron chi connectivity index (χ4n) is 2.80. The number of aryl methyl sites for hydroxylation is 1. The average Bonchev–Trinajstić information content (AvgIpc) is 2.42. The third-order valence-corrected chi connectivity index (χ3v) is 3.87. The highest BCUT2D eigenvalue weighted by molar-refractivity contribution is 5.48. The van der Waals surface area contributed by atoms with Crippen molar-refractivity contribution in [2.45, 2.75) is 19.4 Å². The Bertz CT molecular complexity index is 622. The van der Waals surface area contributed by atoms with E-state index < -0.39 is 0 Å². The Labute approximate surface area is 112 Å². The van der Waals surface area contributed by atoms with Crippen LogP contribution >= 0.6 is 0 Å². The first-order valence-electron chi connectivity index (χ1n) is 6.48. The van der Waals surface area contributed by atoms with Crippen LogP contribution in [0, 0.1) is 6.92 Å². The number of benzene rings is 2. The molecule has 0 bridgehead atoms. The molecule has 0 fully saturated rings. The number of nitrogens with one attached hydrogen (secondary N) is 1. The van der Waals surface area contributed by atoms with Crippen LogP contribution < -0.4 is 5.32 Å². The van der Waals surface area contributed by atoms with Crippen LogP contribution in [0.1, 0.15) is 28.2 Å². The minimum Gasteiger partial charge on any atom is -0.504 e. The molecule has 0 saturated carbocycles. The van der Waals surface area contributed by atoms with E-state index in [1.165, 1.54) is 16.7 Å². The van der Waals surface area contributed by atoms with Crippen LogP contribution in [0.25, 0.3) is 0 Å². The maximum atomic E-state index is 9.66. The molecule has 2 aromatic carbocycles. The van der Waals surface area contributed by atoms with Crippen molar-refractivity contribution in [1.82, 2.24) is 5.32 Å². The molecule has 3 rings (SSSR count). The van der Waals surface area contributed by atoms with E-state index in [1.807, 2.05) is 6.07 Å². The Morgan fingerprint density at radius 2 is 1.95 bits per heavy atom. The molecule has 1 aliphatic heterocycles. The Morgan fingerprint density at radius 3 is 2.74 bits per heavy atom. The molecule has 1 aliphatic rings. The number of aromatic hydroxyl groups is 2. The predicted octanol–water partition coefficient (Wildman–Crippen LogP) is 2.64. The normalized spacial score (nSPS) is 18.1. The van der Waals surface area contributed by atoms with Crippen LogP contribution in [-0.4, -0.2) is 16.8 Å². The van der Waals surface area contributed by atoms with Gasteiger partial charge in [-0.1, -0.05) is 24.3 Å². The van der Waals surface area contributed by atoms with E-state index in [-0.39, 0.29) is 17.4 Å². The Morgan fingerprint density at radius 1 is 1.11 bits per heavy atom. The molecule has 19 heavy (non-hydrogen) atoms. The average molecular weight is 255 g/mol. The lowest BCUT2D eigenvalue weighted by Gasteiger charge is -2.28. The summed E-state index contributed by atoms with van der Waals surface area (Å²) in [6.07, 6.45) is 0. The Kier molecular flexibility index (Phi) is 2.91. The van der Waals surface area contributed by atoms with Gasteiger partial charge in [0.1, 0.15) is 0 Å². The van der Waals surface area contributed by atoms with Gasteiger partial charge in [0, 0.05) is 19.0 Å². The first-order chi connectivity index (χ1) is 9.16. The lowest BCUT2D eigenvalue weighted by Crippen LogP contribution is -2.29. The van der Waals surface area contributed by atoms with E-state index >= 15 is 0 Å². The van der Waals surface area contributed by atoms with Gasteiger partial charge in [0.2, 0.25) is 0 Å². The predicted molar refractivity (Wildman–Crippen MR) is 74.5 cm³/mol. The zero-order valence-electron chi connectivity index (χ0n) is 10.9. The van der Waals surface area contributed by atoms with E-state index in [2.05, 4.69) is 30.4 Å². The van der Waals surface area contributed by atoms with Gasteiger partial charge in [-0.2, -0.15) is 0 Å². The first-order valence-corrected chi connectivity index (χ1v) is 6.48. The first kappa shape index (κ1) is 12.1. The van der Waals surface area contributed by atoms with Gasteiger partial charge in [-0.3, -0.25) is 0 Å². The van der Waals surface area contributed by atoms with Crippen molar-refractivity contribution in [3.63, 3.8) is 0 Å². The summed E-state index contributed by atoms with van der Waals surface area (Å²) in [5.41, 5.74) is 4.96. The fraction of sp³-hybridized carbons (Fsp3) is 0.250. The molecular formula is C16H17NO2. The van der Waals surface area contributed by atoms with E-state index in [0.29, 0.717) is 0 Å². The molecule has 0 radical (unpaired) electrons. The maximum Gasteiger partial charge on any atom is 0.157 e. The molecule has 0 aliphatic carbocycles. The summed E-state index contributed by atoms with van der Waals surface area (Å²) in [5.74, 6) is 0.0874. The zero-order valence-corrected chi connectivity index (χ0v) is 10.9. The van der Waals surface area contributed by atoms with E-state index in [4.69, 9.17) is 0 Å². The summed E-state index contributed by atoms with van der Waals surface area (Å²) in [6, 6.07) is 11.4. The molecule has 0 amide bonds. The number of fused-ring (bicyclic) bond motifs is 1. The lowest BCUT2D eigenvalue weighted by molar-refractivity contribution is 0.402. The zero-order chi connectivity index (χ0) is 13.4. The number of phenolic OH excluding ortho intramolecular Hbond substituents is 2. The van der Waals surface area contributed by atoms with Crippen LogP contribution in [0.4, 0.5) is 0 Å². The molecule has 3 nitrogen and oxygen atoms in total. The smallest absolute Gasteiger partial charge is 0.157 e. The second kappa shape index (κ2) is 4.59. The molecule has 1 heterocycles. The second-order valence-corrected chi connectivity index (χ2v) is 5.07. The topological polar surface area (TPSA) is 52.5 Å². The van der Waals surface area contributed by atoms with Gasteiger partial charge in [0.15, 0.2) is 11.5 Å². The fourth-order valence-corrected chi connectivity index (χ4v) is 2.80.